The number of ether oxygens (including phenoxy) is 1. The zero-order chi connectivity index (χ0) is 11.8. The minimum Gasteiger partial charge on any atom is -0.384 e. The maximum Gasteiger partial charge on any atom is 0.136 e. The Bertz CT molecular complexity index is 419. The van der Waals surface area contributed by atoms with Gasteiger partial charge in [-0.25, -0.2) is 9.97 Å². The van der Waals surface area contributed by atoms with Crippen molar-refractivity contribution in [2.45, 2.75) is 44.2 Å². The number of hydrogen-bond acceptors (Lipinski definition) is 5. The van der Waals surface area contributed by atoms with Gasteiger partial charge in [-0.15, -0.1) is 0 Å². The zero-order valence-electron chi connectivity index (χ0n) is 10.0. The zero-order valence-corrected chi connectivity index (χ0v) is 10.0. The highest BCUT2D eigenvalue weighted by Gasteiger charge is 2.28. The number of nitrogens with zero attached hydrogens (tertiary/aromatic N) is 2. The lowest BCUT2D eigenvalue weighted by atomic mass is 10.1. The fourth-order valence-electron chi connectivity index (χ4n) is 2.19. The number of anilines is 2. The van der Waals surface area contributed by atoms with Gasteiger partial charge in [-0.05, 0) is 26.2 Å². The van der Waals surface area contributed by atoms with Crippen LogP contribution in [-0.4, -0.2) is 28.7 Å². The first-order valence-corrected chi connectivity index (χ1v) is 6.25. The lowest BCUT2D eigenvalue weighted by molar-refractivity contribution is 0.121. The maximum atomic E-state index is 5.81. The quantitative estimate of drug-likeness (QED) is 0.829. The van der Waals surface area contributed by atoms with Crippen LogP contribution in [0.5, 0.6) is 0 Å². The van der Waals surface area contributed by atoms with Crippen LogP contribution in [-0.2, 0) is 4.74 Å². The van der Waals surface area contributed by atoms with Crippen LogP contribution in [0.15, 0.2) is 6.07 Å². The predicted molar refractivity (Wildman–Crippen MR) is 65.9 cm³/mol. The molecule has 2 atom stereocenters. The van der Waals surface area contributed by atoms with Crippen molar-refractivity contribution < 1.29 is 4.74 Å². The van der Waals surface area contributed by atoms with Crippen molar-refractivity contribution in [2.75, 3.05) is 17.7 Å². The second-order valence-corrected chi connectivity index (χ2v) is 4.93. The van der Waals surface area contributed by atoms with Gasteiger partial charge in [-0.1, -0.05) is 0 Å². The number of nitrogen functional groups attached to an aromatic ring is 1. The summed E-state index contributed by atoms with van der Waals surface area (Å²) in [6.45, 7) is 2.89. The Morgan fingerprint density at radius 2 is 2.18 bits per heavy atom. The second-order valence-electron chi connectivity index (χ2n) is 4.93. The summed E-state index contributed by atoms with van der Waals surface area (Å²) in [5, 5.41) is 3.40. The van der Waals surface area contributed by atoms with Crippen LogP contribution in [0.4, 0.5) is 11.6 Å². The molecule has 5 heteroatoms. The number of nitrogens with two attached hydrogens (primary N) is 1. The van der Waals surface area contributed by atoms with Crippen LogP contribution in [0, 0.1) is 0 Å². The molecule has 92 valence electrons. The Morgan fingerprint density at radius 1 is 1.35 bits per heavy atom. The lowest BCUT2D eigenvalue weighted by Crippen LogP contribution is -2.27. The molecule has 3 rings (SSSR count). The third-order valence-corrected chi connectivity index (χ3v) is 3.42. The van der Waals surface area contributed by atoms with E-state index in [1.807, 2.05) is 0 Å². The number of hydrogen-bond donors (Lipinski definition) is 2. The van der Waals surface area contributed by atoms with E-state index in [4.69, 9.17) is 10.5 Å². The van der Waals surface area contributed by atoms with E-state index in [9.17, 15) is 0 Å². The molecule has 17 heavy (non-hydrogen) atoms. The molecule has 1 aromatic rings. The summed E-state index contributed by atoms with van der Waals surface area (Å²) in [4.78, 5) is 8.82. The summed E-state index contributed by atoms with van der Waals surface area (Å²) in [6, 6.07) is 2.13. The molecule has 0 amide bonds. The third kappa shape index (κ3) is 2.34. The van der Waals surface area contributed by atoms with E-state index >= 15 is 0 Å². The van der Waals surface area contributed by atoms with Crippen molar-refractivity contribution in [3.8, 4) is 0 Å². The average molecular weight is 234 g/mol. The van der Waals surface area contributed by atoms with Crippen LogP contribution < -0.4 is 11.1 Å². The van der Waals surface area contributed by atoms with Crippen LogP contribution in [0.2, 0.25) is 0 Å². The number of aromatic nitrogens is 2. The van der Waals surface area contributed by atoms with Crippen molar-refractivity contribution in [3.05, 3.63) is 11.9 Å². The van der Waals surface area contributed by atoms with Crippen molar-refractivity contribution in [2.24, 2.45) is 0 Å². The minimum atomic E-state index is 0.232. The smallest absolute Gasteiger partial charge is 0.136 e. The van der Waals surface area contributed by atoms with Gasteiger partial charge in [0.2, 0.25) is 0 Å². The van der Waals surface area contributed by atoms with Gasteiger partial charge in [0, 0.05) is 18.6 Å². The van der Waals surface area contributed by atoms with Crippen molar-refractivity contribution in [1.29, 1.82) is 0 Å². The topological polar surface area (TPSA) is 73.1 Å². The first-order valence-electron chi connectivity index (χ1n) is 6.25. The Balaban J connectivity index is 1.77. The summed E-state index contributed by atoms with van der Waals surface area (Å²) in [5.41, 5.74) is 5.81. The molecule has 2 unspecified atom stereocenters. The molecule has 0 bridgehead atoms. The van der Waals surface area contributed by atoms with Crippen LogP contribution in [0.25, 0.3) is 0 Å². The predicted octanol–water partition coefficient (Wildman–Crippen LogP) is 1.53. The molecular weight excluding hydrogens is 216 g/mol. The molecule has 1 saturated heterocycles. The normalized spacial score (nSPS) is 28.3. The summed E-state index contributed by atoms with van der Waals surface area (Å²) in [5.74, 6) is 2.80. The van der Waals surface area contributed by atoms with E-state index in [1.165, 1.54) is 12.8 Å². The van der Waals surface area contributed by atoms with Crippen LogP contribution >= 0.6 is 0 Å². The molecule has 2 fully saturated rings. The molecule has 0 aromatic carbocycles. The molecule has 1 aliphatic heterocycles. The van der Waals surface area contributed by atoms with E-state index in [-0.39, 0.29) is 6.10 Å². The monoisotopic (exact) mass is 234 g/mol. The molecule has 1 saturated carbocycles. The molecule has 0 spiro atoms. The van der Waals surface area contributed by atoms with Gasteiger partial charge in [-0.3, -0.25) is 0 Å². The van der Waals surface area contributed by atoms with Gasteiger partial charge in [0.25, 0.3) is 0 Å². The number of rotatable bonds is 3. The molecule has 2 aliphatic rings. The van der Waals surface area contributed by atoms with Gasteiger partial charge in [0.1, 0.15) is 17.5 Å². The van der Waals surface area contributed by atoms with Crippen molar-refractivity contribution >= 4 is 11.6 Å². The SMILES string of the molecule is CC1OCCC1Nc1cc(N)nc(C2CC2)n1. The first-order chi connectivity index (χ1) is 8.22. The Hall–Kier alpha value is -1.36. The molecule has 5 nitrogen and oxygen atoms in total. The highest BCUT2D eigenvalue weighted by molar-refractivity contribution is 5.46. The number of nitrogens with one attached hydrogen (secondary N) is 1. The van der Waals surface area contributed by atoms with Gasteiger partial charge in [-0.2, -0.15) is 0 Å². The van der Waals surface area contributed by atoms with E-state index in [0.29, 0.717) is 17.8 Å². The Kier molecular flexibility index (Phi) is 2.63. The van der Waals surface area contributed by atoms with E-state index < -0.39 is 0 Å². The van der Waals surface area contributed by atoms with Gasteiger partial charge in [0.05, 0.1) is 12.1 Å². The van der Waals surface area contributed by atoms with Crippen molar-refractivity contribution in [3.63, 3.8) is 0 Å². The lowest BCUT2D eigenvalue weighted by Gasteiger charge is -2.17. The van der Waals surface area contributed by atoms with E-state index in [1.54, 1.807) is 6.07 Å². The maximum absolute atomic E-state index is 5.81. The first kappa shape index (κ1) is 10.8. The summed E-state index contributed by atoms with van der Waals surface area (Å²) >= 11 is 0. The Morgan fingerprint density at radius 3 is 2.82 bits per heavy atom. The van der Waals surface area contributed by atoms with E-state index in [2.05, 4.69) is 22.2 Å². The summed E-state index contributed by atoms with van der Waals surface area (Å²) in [7, 11) is 0. The minimum absolute atomic E-state index is 0.232. The largest absolute Gasteiger partial charge is 0.384 e. The average Bonchev–Trinajstić information content (AvgIpc) is 3.05. The fourth-order valence-corrected chi connectivity index (χ4v) is 2.19. The molecular formula is C12H18N4O. The standard InChI is InChI=1S/C12H18N4O/c1-7-9(4-5-17-7)14-11-6-10(13)15-12(16-11)8-2-3-8/h6-9H,2-5H2,1H3,(H3,13,14,15,16). The van der Waals surface area contributed by atoms with Crippen LogP contribution in [0.3, 0.4) is 0 Å². The molecule has 2 heterocycles. The highest BCUT2D eigenvalue weighted by atomic mass is 16.5. The fraction of sp³-hybridized carbons (Fsp3) is 0.667. The second kappa shape index (κ2) is 4.14. The van der Waals surface area contributed by atoms with E-state index in [0.717, 1.165) is 24.7 Å². The molecule has 3 N–H and O–H groups in total. The van der Waals surface area contributed by atoms with Crippen LogP contribution in [0.1, 0.15) is 37.9 Å². The van der Waals surface area contributed by atoms with Gasteiger partial charge in [0.15, 0.2) is 0 Å². The summed E-state index contributed by atoms with van der Waals surface area (Å²) < 4.78 is 5.52. The van der Waals surface area contributed by atoms with Crippen molar-refractivity contribution in [1.82, 2.24) is 9.97 Å². The van der Waals surface area contributed by atoms with Gasteiger partial charge >= 0.3 is 0 Å². The van der Waals surface area contributed by atoms with Gasteiger partial charge < -0.3 is 15.8 Å². The summed E-state index contributed by atoms with van der Waals surface area (Å²) in [6.07, 6.45) is 3.62. The molecule has 0 radical (unpaired) electrons. The Labute approximate surface area is 101 Å². The molecule has 1 aromatic heterocycles. The molecule has 1 aliphatic carbocycles. The third-order valence-electron chi connectivity index (χ3n) is 3.42. The highest BCUT2D eigenvalue weighted by Crippen LogP contribution is 2.38.